The molecular formula is C7H8N4O2. The van der Waals surface area contributed by atoms with E-state index in [1.54, 1.807) is 0 Å². The van der Waals surface area contributed by atoms with Crippen molar-refractivity contribution in [2.75, 3.05) is 6.54 Å². The van der Waals surface area contributed by atoms with Crippen molar-refractivity contribution in [3.63, 3.8) is 0 Å². The van der Waals surface area contributed by atoms with E-state index in [1.807, 2.05) is 0 Å². The van der Waals surface area contributed by atoms with Crippen LogP contribution in [-0.2, 0) is 6.42 Å². The van der Waals surface area contributed by atoms with Crippen LogP contribution in [0.5, 0.6) is 0 Å². The molecule has 13 heavy (non-hydrogen) atoms. The van der Waals surface area contributed by atoms with Crippen LogP contribution in [0.3, 0.4) is 0 Å². The quantitative estimate of drug-likeness (QED) is 0.726. The van der Waals surface area contributed by atoms with Gasteiger partial charge in [-0.25, -0.2) is 4.98 Å². The molecule has 0 aliphatic carbocycles. The molecule has 6 heteroatoms. The lowest BCUT2D eigenvalue weighted by Gasteiger charge is -1.83. The number of rotatable bonds is 3. The highest BCUT2D eigenvalue weighted by molar-refractivity contribution is 5.44. The van der Waals surface area contributed by atoms with Gasteiger partial charge in [0.2, 0.25) is 11.7 Å². The summed E-state index contributed by atoms with van der Waals surface area (Å²) < 4.78 is 9.69. The van der Waals surface area contributed by atoms with Gasteiger partial charge in [0.1, 0.15) is 12.0 Å². The Labute approximate surface area is 73.8 Å². The molecule has 0 unspecified atom stereocenters. The number of nitrogens with two attached hydrogens (primary N) is 1. The normalized spacial score (nSPS) is 10.5. The van der Waals surface area contributed by atoms with Crippen molar-refractivity contribution in [3.8, 4) is 11.5 Å². The van der Waals surface area contributed by atoms with Gasteiger partial charge in [0.25, 0.3) is 0 Å². The fraction of sp³-hybridized carbons (Fsp3) is 0.286. The highest BCUT2D eigenvalue weighted by Gasteiger charge is 2.09. The van der Waals surface area contributed by atoms with E-state index in [9.17, 15) is 0 Å². The van der Waals surface area contributed by atoms with Gasteiger partial charge in [0, 0.05) is 13.0 Å². The van der Waals surface area contributed by atoms with Crippen molar-refractivity contribution in [1.82, 2.24) is 15.1 Å². The first-order valence-corrected chi connectivity index (χ1v) is 3.81. The zero-order chi connectivity index (χ0) is 9.10. The van der Waals surface area contributed by atoms with Crippen LogP contribution in [0.15, 0.2) is 21.6 Å². The van der Waals surface area contributed by atoms with Crippen molar-refractivity contribution in [3.05, 3.63) is 18.5 Å². The molecule has 0 radical (unpaired) electrons. The summed E-state index contributed by atoms with van der Waals surface area (Å²) in [6.45, 7) is 0.487. The van der Waals surface area contributed by atoms with Gasteiger partial charge in [-0.2, -0.15) is 4.98 Å². The minimum atomic E-state index is 0.428. The summed E-state index contributed by atoms with van der Waals surface area (Å²) in [5.74, 6) is 0.942. The zero-order valence-electron chi connectivity index (χ0n) is 6.80. The van der Waals surface area contributed by atoms with Gasteiger partial charge < -0.3 is 14.7 Å². The predicted octanol–water partition coefficient (Wildman–Crippen LogP) is 0.226. The van der Waals surface area contributed by atoms with E-state index < -0.39 is 0 Å². The van der Waals surface area contributed by atoms with E-state index >= 15 is 0 Å². The summed E-state index contributed by atoms with van der Waals surface area (Å²) in [6.07, 6.45) is 3.34. The van der Waals surface area contributed by atoms with Gasteiger partial charge in [0.15, 0.2) is 6.39 Å². The lowest BCUT2D eigenvalue weighted by molar-refractivity contribution is 0.380. The van der Waals surface area contributed by atoms with Crippen molar-refractivity contribution < 1.29 is 8.94 Å². The molecule has 0 saturated carbocycles. The third-order valence-corrected chi connectivity index (χ3v) is 1.49. The Hall–Kier alpha value is -1.69. The Morgan fingerprint density at radius 2 is 2.38 bits per heavy atom. The van der Waals surface area contributed by atoms with E-state index in [-0.39, 0.29) is 0 Å². The molecule has 2 heterocycles. The molecule has 2 aromatic rings. The minimum Gasteiger partial charge on any atom is -0.451 e. The van der Waals surface area contributed by atoms with Crippen molar-refractivity contribution in [2.24, 2.45) is 5.73 Å². The third-order valence-electron chi connectivity index (χ3n) is 1.49. The maximum absolute atomic E-state index is 5.33. The van der Waals surface area contributed by atoms with Gasteiger partial charge in [-0.05, 0) is 0 Å². The second-order valence-electron chi connectivity index (χ2n) is 2.42. The first kappa shape index (κ1) is 7.93. The summed E-state index contributed by atoms with van der Waals surface area (Å²) in [7, 11) is 0. The zero-order valence-corrected chi connectivity index (χ0v) is 6.80. The maximum Gasteiger partial charge on any atom is 0.228 e. The van der Waals surface area contributed by atoms with Gasteiger partial charge in [-0.1, -0.05) is 5.16 Å². The van der Waals surface area contributed by atoms with Gasteiger partial charge >= 0.3 is 0 Å². The molecule has 0 atom stereocenters. The predicted molar refractivity (Wildman–Crippen MR) is 42.6 cm³/mol. The molecule has 68 valence electrons. The Morgan fingerprint density at radius 1 is 1.46 bits per heavy atom. The molecule has 0 fully saturated rings. The first-order valence-electron chi connectivity index (χ1n) is 3.81. The summed E-state index contributed by atoms with van der Waals surface area (Å²) in [5, 5.41) is 3.71. The van der Waals surface area contributed by atoms with E-state index in [0.29, 0.717) is 30.4 Å². The van der Waals surface area contributed by atoms with Crippen molar-refractivity contribution >= 4 is 0 Å². The molecule has 2 aromatic heterocycles. The van der Waals surface area contributed by atoms with Crippen LogP contribution in [0.4, 0.5) is 0 Å². The summed E-state index contributed by atoms with van der Waals surface area (Å²) in [6, 6.07) is 0. The molecule has 2 N–H and O–H groups in total. The molecular weight excluding hydrogens is 172 g/mol. The number of hydrogen-bond acceptors (Lipinski definition) is 6. The van der Waals surface area contributed by atoms with Crippen LogP contribution < -0.4 is 5.73 Å². The smallest absolute Gasteiger partial charge is 0.228 e. The van der Waals surface area contributed by atoms with Crippen LogP contribution in [0.1, 0.15) is 5.89 Å². The molecule has 0 aromatic carbocycles. The van der Waals surface area contributed by atoms with Crippen molar-refractivity contribution in [2.45, 2.75) is 6.42 Å². The van der Waals surface area contributed by atoms with E-state index in [1.165, 1.54) is 12.7 Å². The average Bonchev–Trinajstić information content (AvgIpc) is 2.70. The Balaban J connectivity index is 2.23. The van der Waals surface area contributed by atoms with Gasteiger partial charge in [-0.15, -0.1) is 0 Å². The van der Waals surface area contributed by atoms with E-state index in [4.69, 9.17) is 14.7 Å². The van der Waals surface area contributed by atoms with Crippen LogP contribution in [0.25, 0.3) is 11.5 Å². The number of aromatic nitrogens is 3. The third kappa shape index (κ3) is 1.57. The number of nitrogens with zero attached hydrogens (tertiary/aromatic N) is 3. The first-order chi connectivity index (χ1) is 6.40. The van der Waals surface area contributed by atoms with Crippen LogP contribution >= 0.6 is 0 Å². The lowest BCUT2D eigenvalue weighted by atomic mass is 10.4. The monoisotopic (exact) mass is 180 g/mol. The van der Waals surface area contributed by atoms with Crippen LogP contribution in [-0.4, -0.2) is 21.7 Å². The summed E-state index contributed by atoms with van der Waals surface area (Å²) in [5.41, 5.74) is 5.89. The van der Waals surface area contributed by atoms with E-state index in [0.717, 1.165) is 0 Å². The largest absolute Gasteiger partial charge is 0.451 e. The molecule has 0 saturated heterocycles. The average molecular weight is 180 g/mol. The van der Waals surface area contributed by atoms with Crippen LogP contribution in [0.2, 0.25) is 0 Å². The standard InChI is InChI=1S/C7H8N4O2/c8-2-1-6-10-7(11-13-6)5-3-12-4-9-5/h3-4H,1-2,8H2. The number of oxazole rings is 1. The second kappa shape index (κ2) is 3.36. The fourth-order valence-electron chi connectivity index (χ4n) is 0.907. The van der Waals surface area contributed by atoms with Crippen molar-refractivity contribution in [1.29, 1.82) is 0 Å². The molecule has 0 aliphatic rings. The summed E-state index contributed by atoms with van der Waals surface area (Å²) in [4.78, 5) is 7.94. The fourth-order valence-corrected chi connectivity index (χ4v) is 0.907. The van der Waals surface area contributed by atoms with E-state index in [2.05, 4.69) is 15.1 Å². The molecule has 0 aliphatic heterocycles. The second-order valence-corrected chi connectivity index (χ2v) is 2.42. The molecule has 0 spiro atoms. The summed E-state index contributed by atoms with van der Waals surface area (Å²) >= 11 is 0. The Kier molecular flexibility index (Phi) is 2.05. The Morgan fingerprint density at radius 3 is 3.08 bits per heavy atom. The van der Waals surface area contributed by atoms with Gasteiger partial charge in [0.05, 0.1) is 0 Å². The topological polar surface area (TPSA) is 91.0 Å². The molecule has 2 rings (SSSR count). The Bertz CT molecular complexity index is 368. The number of hydrogen-bond donors (Lipinski definition) is 1. The molecule has 0 amide bonds. The molecule has 0 bridgehead atoms. The van der Waals surface area contributed by atoms with Crippen LogP contribution in [0, 0.1) is 0 Å². The maximum atomic E-state index is 5.33. The van der Waals surface area contributed by atoms with Gasteiger partial charge in [-0.3, -0.25) is 0 Å². The molecule has 6 nitrogen and oxygen atoms in total. The highest BCUT2D eigenvalue weighted by Crippen LogP contribution is 2.12. The SMILES string of the molecule is NCCc1nc(-c2cocn2)no1. The minimum absolute atomic E-state index is 0.428. The lowest BCUT2D eigenvalue weighted by Crippen LogP contribution is -2.02. The highest BCUT2D eigenvalue weighted by atomic mass is 16.5.